The molecule has 0 saturated heterocycles. The molecule has 0 saturated carbocycles. The number of alkyl halides is 3. The molecule has 2 aromatic heterocycles. The van der Waals surface area contributed by atoms with Crippen molar-refractivity contribution >= 4 is 44.7 Å². The Kier molecular flexibility index (Phi) is 4.84. The topological polar surface area (TPSA) is 46.9 Å². The average Bonchev–Trinajstić information content (AvgIpc) is 3.23. The van der Waals surface area contributed by atoms with Crippen molar-refractivity contribution < 1.29 is 18.0 Å². The Hall–Kier alpha value is -2.84. The molecule has 0 fully saturated rings. The van der Waals surface area contributed by atoms with Crippen LogP contribution in [0.5, 0.6) is 0 Å². The summed E-state index contributed by atoms with van der Waals surface area (Å²) < 4.78 is 40.3. The second-order valence-electron chi connectivity index (χ2n) is 6.34. The molecule has 0 aliphatic heterocycles. The molecule has 9 heteroatoms. The Morgan fingerprint density at radius 3 is 2.55 bits per heavy atom. The van der Waals surface area contributed by atoms with Gasteiger partial charge in [-0.05, 0) is 55.5 Å². The quantitative estimate of drug-likeness (QED) is 0.409. The van der Waals surface area contributed by atoms with Crippen LogP contribution in [0.4, 0.5) is 18.9 Å². The highest BCUT2D eigenvalue weighted by molar-refractivity contribution is 7.20. The number of aryl methyl sites for hydroxylation is 1. The third kappa shape index (κ3) is 3.86. The van der Waals surface area contributed by atoms with Crippen LogP contribution in [-0.4, -0.2) is 15.7 Å². The van der Waals surface area contributed by atoms with Crippen LogP contribution < -0.4 is 5.32 Å². The number of benzene rings is 2. The number of thiophene rings is 1. The van der Waals surface area contributed by atoms with E-state index in [1.54, 1.807) is 22.9 Å². The third-order valence-corrected chi connectivity index (χ3v) is 5.65. The number of carbonyl (C=O) groups is 1. The van der Waals surface area contributed by atoms with E-state index in [9.17, 15) is 18.0 Å². The lowest BCUT2D eigenvalue weighted by Crippen LogP contribution is -2.12. The minimum absolute atomic E-state index is 0.0818. The van der Waals surface area contributed by atoms with E-state index in [2.05, 4.69) is 10.4 Å². The number of nitrogens with one attached hydrogen (secondary N) is 1. The van der Waals surface area contributed by atoms with Gasteiger partial charge < -0.3 is 5.32 Å². The highest BCUT2D eigenvalue weighted by Crippen LogP contribution is 2.33. The van der Waals surface area contributed by atoms with Gasteiger partial charge in [0, 0.05) is 16.1 Å². The summed E-state index contributed by atoms with van der Waals surface area (Å²) in [6.45, 7) is 1.83. The lowest BCUT2D eigenvalue weighted by Gasteiger charge is -2.09. The molecule has 29 heavy (non-hydrogen) atoms. The van der Waals surface area contributed by atoms with E-state index in [-0.39, 0.29) is 5.69 Å². The van der Waals surface area contributed by atoms with Gasteiger partial charge in [0.05, 0.1) is 21.8 Å². The molecule has 4 nitrogen and oxygen atoms in total. The van der Waals surface area contributed by atoms with Gasteiger partial charge in [-0.2, -0.15) is 18.3 Å². The summed E-state index contributed by atoms with van der Waals surface area (Å²) in [5.74, 6) is -0.479. The van der Waals surface area contributed by atoms with Crippen molar-refractivity contribution in [1.29, 1.82) is 0 Å². The second-order valence-corrected chi connectivity index (χ2v) is 7.80. The van der Waals surface area contributed by atoms with Crippen molar-refractivity contribution in [3.05, 3.63) is 75.8 Å². The molecule has 0 aliphatic rings. The highest BCUT2D eigenvalue weighted by Gasteiger charge is 2.30. The zero-order chi connectivity index (χ0) is 20.8. The lowest BCUT2D eigenvalue weighted by molar-refractivity contribution is -0.137. The maximum absolute atomic E-state index is 12.9. The number of carbonyl (C=O) groups excluding carboxylic acids is 1. The summed E-state index contributed by atoms with van der Waals surface area (Å²) in [6.07, 6.45) is -4.47. The molecular weight excluding hydrogens is 423 g/mol. The monoisotopic (exact) mass is 435 g/mol. The van der Waals surface area contributed by atoms with Crippen LogP contribution in [-0.2, 0) is 6.18 Å². The predicted molar refractivity (Wildman–Crippen MR) is 108 cm³/mol. The summed E-state index contributed by atoms with van der Waals surface area (Å²) in [5.41, 5.74) is 0.794. The molecule has 0 aliphatic carbocycles. The Morgan fingerprint density at radius 1 is 1.14 bits per heavy atom. The van der Waals surface area contributed by atoms with Crippen LogP contribution in [0, 0.1) is 6.92 Å². The summed E-state index contributed by atoms with van der Waals surface area (Å²) in [7, 11) is 0. The van der Waals surface area contributed by atoms with Gasteiger partial charge in [-0.25, -0.2) is 4.68 Å². The second kappa shape index (κ2) is 7.20. The Morgan fingerprint density at radius 2 is 1.86 bits per heavy atom. The fraction of sp³-hybridized carbons (Fsp3) is 0.100. The van der Waals surface area contributed by atoms with Crippen LogP contribution in [0.15, 0.2) is 54.6 Å². The normalized spacial score (nSPS) is 11.8. The van der Waals surface area contributed by atoms with Gasteiger partial charge in [-0.1, -0.05) is 17.7 Å². The van der Waals surface area contributed by atoms with Crippen molar-refractivity contribution in [1.82, 2.24) is 9.78 Å². The van der Waals surface area contributed by atoms with Crippen molar-refractivity contribution in [2.75, 3.05) is 5.32 Å². The van der Waals surface area contributed by atoms with Crippen LogP contribution in [0.1, 0.15) is 20.9 Å². The summed E-state index contributed by atoms with van der Waals surface area (Å²) in [5, 5.41) is 8.44. The molecule has 2 heterocycles. The first-order valence-electron chi connectivity index (χ1n) is 8.46. The van der Waals surface area contributed by atoms with Gasteiger partial charge in [-0.15, -0.1) is 11.3 Å². The Bertz CT molecular complexity index is 1210. The molecule has 148 valence electrons. The average molecular weight is 436 g/mol. The van der Waals surface area contributed by atoms with E-state index in [0.717, 1.165) is 33.7 Å². The standard InChI is InChI=1S/C20H13ClF3N3OS/c1-11-16-10-17(18(28)25-14-4-2-3-12(9-14)20(22,23)24)29-19(16)27(26-11)15-7-5-13(21)6-8-15/h2-10H,1H3,(H,25,28). The maximum atomic E-state index is 12.9. The van der Waals surface area contributed by atoms with E-state index in [0.29, 0.717) is 9.90 Å². The van der Waals surface area contributed by atoms with E-state index in [4.69, 9.17) is 11.6 Å². The molecule has 4 aromatic rings. The van der Waals surface area contributed by atoms with Crippen LogP contribution in [0.3, 0.4) is 0 Å². The number of hydrogen-bond donors (Lipinski definition) is 1. The minimum Gasteiger partial charge on any atom is -0.321 e. The van der Waals surface area contributed by atoms with E-state index >= 15 is 0 Å². The van der Waals surface area contributed by atoms with Gasteiger partial charge in [-0.3, -0.25) is 4.79 Å². The summed E-state index contributed by atoms with van der Waals surface area (Å²) in [6, 6.07) is 13.4. The summed E-state index contributed by atoms with van der Waals surface area (Å²) >= 11 is 7.15. The molecule has 0 radical (unpaired) electrons. The molecule has 0 atom stereocenters. The number of nitrogens with zero attached hydrogens (tertiary/aromatic N) is 2. The molecule has 2 aromatic carbocycles. The molecule has 0 bridgehead atoms. The zero-order valence-electron chi connectivity index (χ0n) is 14.9. The number of fused-ring (bicyclic) bond motifs is 1. The van der Waals surface area contributed by atoms with Crippen LogP contribution in [0.2, 0.25) is 5.02 Å². The number of halogens is 4. The fourth-order valence-electron chi connectivity index (χ4n) is 2.88. The van der Waals surface area contributed by atoms with E-state index in [1.807, 2.05) is 19.1 Å². The SMILES string of the molecule is Cc1nn(-c2ccc(Cl)cc2)c2sc(C(=O)Nc3cccc(C(F)(F)F)c3)cc12. The van der Waals surface area contributed by atoms with Gasteiger partial charge in [0.2, 0.25) is 0 Å². The van der Waals surface area contributed by atoms with Crippen molar-refractivity contribution in [2.24, 2.45) is 0 Å². The fourth-order valence-corrected chi connectivity index (χ4v) is 4.09. The maximum Gasteiger partial charge on any atom is 0.416 e. The first-order chi connectivity index (χ1) is 13.7. The largest absolute Gasteiger partial charge is 0.416 e. The first kappa shape index (κ1) is 19.5. The van der Waals surface area contributed by atoms with Gasteiger partial charge in [0.25, 0.3) is 5.91 Å². The summed E-state index contributed by atoms with van der Waals surface area (Å²) in [4.78, 5) is 13.8. The van der Waals surface area contributed by atoms with Gasteiger partial charge >= 0.3 is 6.18 Å². The zero-order valence-corrected chi connectivity index (χ0v) is 16.5. The number of amides is 1. The van der Waals surface area contributed by atoms with Crippen LogP contribution in [0.25, 0.3) is 15.9 Å². The van der Waals surface area contributed by atoms with E-state index < -0.39 is 17.6 Å². The molecule has 4 rings (SSSR count). The Balaban J connectivity index is 1.66. The number of hydrogen-bond acceptors (Lipinski definition) is 3. The predicted octanol–water partition coefficient (Wildman–Crippen LogP) is 6.32. The van der Waals surface area contributed by atoms with Gasteiger partial charge in [0.15, 0.2) is 0 Å². The minimum atomic E-state index is -4.47. The van der Waals surface area contributed by atoms with Crippen LogP contribution >= 0.6 is 22.9 Å². The molecule has 1 N–H and O–H groups in total. The third-order valence-electron chi connectivity index (χ3n) is 4.29. The molecular formula is C20H13ClF3N3OS. The molecule has 0 spiro atoms. The van der Waals surface area contributed by atoms with Crippen molar-refractivity contribution in [3.63, 3.8) is 0 Å². The molecule has 0 unspecified atom stereocenters. The Labute approximate surface area is 172 Å². The first-order valence-corrected chi connectivity index (χ1v) is 9.65. The van der Waals surface area contributed by atoms with E-state index in [1.165, 1.54) is 23.5 Å². The van der Waals surface area contributed by atoms with Crippen molar-refractivity contribution in [2.45, 2.75) is 13.1 Å². The number of rotatable bonds is 3. The number of aromatic nitrogens is 2. The van der Waals surface area contributed by atoms with Crippen molar-refractivity contribution in [3.8, 4) is 5.69 Å². The molecule has 1 amide bonds. The lowest BCUT2D eigenvalue weighted by atomic mass is 10.2. The number of anilines is 1. The highest BCUT2D eigenvalue weighted by atomic mass is 35.5. The smallest absolute Gasteiger partial charge is 0.321 e. The van der Waals surface area contributed by atoms with Gasteiger partial charge in [0.1, 0.15) is 4.83 Å².